The molecule has 1 aliphatic carbocycles. The molecule has 284 valence electrons. The van der Waals surface area contributed by atoms with Gasteiger partial charge in [-0.2, -0.15) is 0 Å². The Morgan fingerprint density at radius 1 is 1.02 bits per heavy atom. The fourth-order valence-corrected chi connectivity index (χ4v) is 7.14. The zero-order valence-electron chi connectivity index (χ0n) is 31.9. The summed E-state index contributed by atoms with van der Waals surface area (Å²) < 4.78 is 11.8. The molecule has 0 aromatic heterocycles. The lowest BCUT2D eigenvalue weighted by atomic mass is 9.89. The van der Waals surface area contributed by atoms with E-state index in [0.29, 0.717) is 18.5 Å². The third-order valence-electron chi connectivity index (χ3n) is 9.93. The summed E-state index contributed by atoms with van der Waals surface area (Å²) in [5, 5.41) is 16.3. The standard InChI is InChI=1S/C35H57N5O7.C3H8/c1-22(33(44)38-23(2)31(43)25-16-9-8-10-17-25)32(47-7)26-18-13-19-40(26)28(41)20-27(46-6)30(24-14-11-12-15-24)39(5)29(42)21-37-34(45)35(3,4)36;1-3-2/h8-10,16-17,22-24,26-27,30-32,43H,11-15,18-21,36H2,1-7H3,(H,37,45)(H,38,44);3H2,1-2H3. The van der Waals surface area contributed by atoms with Crippen LogP contribution in [-0.4, -0.2) is 109 Å². The first kappa shape index (κ1) is 43.1. The Hall–Kier alpha value is -3.06. The van der Waals surface area contributed by atoms with Crippen molar-refractivity contribution in [1.82, 2.24) is 20.4 Å². The summed E-state index contributed by atoms with van der Waals surface area (Å²) in [6.07, 6.45) is 4.68. The summed E-state index contributed by atoms with van der Waals surface area (Å²) in [5.41, 5.74) is 5.48. The highest BCUT2D eigenvalue weighted by Crippen LogP contribution is 2.34. The maximum Gasteiger partial charge on any atom is 0.242 e. The SMILES string of the molecule is CCC.COC(CC(=O)N1CCCC1C(OC)C(C)C(=O)NC(C)C(O)c1ccccc1)C(C1CCCC1)N(C)C(=O)CNC(=O)C(C)(C)N. The summed E-state index contributed by atoms with van der Waals surface area (Å²) in [7, 11) is 4.82. The topological polar surface area (TPSA) is 164 Å². The summed E-state index contributed by atoms with van der Waals surface area (Å²) in [5.74, 6) is -1.53. The third-order valence-corrected chi connectivity index (χ3v) is 9.93. The number of nitrogens with one attached hydrogen (secondary N) is 2. The van der Waals surface area contributed by atoms with Gasteiger partial charge in [0.15, 0.2) is 0 Å². The predicted octanol–water partition coefficient (Wildman–Crippen LogP) is 3.56. The van der Waals surface area contributed by atoms with Gasteiger partial charge in [0, 0.05) is 27.8 Å². The van der Waals surface area contributed by atoms with Crippen molar-refractivity contribution in [2.24, 2.45) is 17.6 Å². The fourth-order valence-electron chi connectivity index (χ4n) is 7.14. The van der Waals surface area contributed by atoms with E-state index in [0.717, 1.165) is 32.1 Å². The lowest BCUT2D eigenvalue weighted by Gasteiger charge is -2.39. The first-order valence-electron chi connectivity index (χ1n) is 18.3. The van der Waals surface area contributed by atoms with E-state index in [4.69, 9.17) is 15.2 Å². The molecular weight excluding hydrogens is 638 g/mol. The number of carbonyl (C=O) groups excluding carboxylic acids is 4. The maximum absolute atomic E-state index is 14.0. The quantitative estimate of drug-likeness (QED) is 0.203. The predicted molar refractivity (Wildman–Crippen MR) is 195 cm³/mol. The van der Waals surface area contributed by atoms with Gasteiger partial charge < -0.3 is 40.7 Å². The second-order valence-corrected chi connectivity index (χ2v) is 14.6. The number of nitrogens with zero attached hydrogens (tertiary/aromatic N) is 2. The average Bonchev–Trinajstić information content (AvgIpc) is 3.80. The van der Waals surface area contributed by atoms with Crippen LogP contribution in [0.5, 0.6) is 0 Å². The number of likely N-dealkylation sites (N-methyl/N-ethyl adjacent to an activating group) is 1. The Labute approximate surface area is 300 Å². The lowest BCUT2D eigenvalue weighted by molar-refractivity contribution is -0.146. The zero-order chi connectivity index (χ0) is 37.6. The largest absolute Gasteiger partial charge is 0.386 e. The number of carbonyl (C=O) groups is 4. The average molecular weight is 704 g/mol. The summed E-state index contributed by atoms with van der Waals surface area (Å²) in [6, 6.07) is 7.97. The van der Waals surface area contributed by atoms with Gasteiger partial charge in [-0.3, -0.25) is 19.2 Å². The second-order valence-electron chi connectivity index (χ2n) is 14.6. The van der Waals surface area contributed by atoms with Crippen molar-refractivity contribution in [3.8, 4) is 0 Å². The number of hydrogen-bond acceptors (Lipinski definition) is 8. The Bertz CT molecular complexity index is 1200. The molecule has 5 N–H and O–H groups in total. The minimum atomic E-state index is -1.11. The molecule has 2 aliphatic rings. The summed E-state index contributed by atoms with van der Waals surface area (Å²) >= 11 is 0. The van der Waals surface area contributed by atoms with E-state index in [2.05, 4.69) is 24.5 Å². The Kier molecular flexibility index (Phi) is 17.9. The first-order valence-corrected chi connectivity index (χ1v) is 18.3. The Balaban J connectivity index is 0.00000278. The van der Waals surface area contributed by atoms with Gasteiger partial charge in [0.05, 0.1) is 60.9 Å². The molecule has 7 atom stereocenters. The Morgan fingerprint density at radius 3 is 2.16 bits per heavy atom. The number of likely N-dealkylation sites (tertiary alicyclic amines) is 1. The van der Waals surface area contributed by atoms with E-state index >= 15 is 0 Å². The van der Waals surface area contributed by atoms with Gasteiger partial charge in [-0.05, 0) is 57.9 Å². The molecule has 7 unspecified atom stereocenters. The van der Waals surface area contributed by atoms with Crippen molar-refractivity contribution in [2.75, 3.05) is 34.4 Å². The van der Waals surface area contributed by atoms with Gasteiger partial charge in [-0.25, -0.2) is 0 Å². The molecule has 3 rings (SSSR count). The molecule has 4 amide bonds. The molecule has 50 heavy (non-hydrogen) atoms. The van der Waals surface area contributed by atoms with E-state index < -0.39 is 41.7 Å². The van der Waals surface area contributed by atoms with Crippen LogP contribution in [-0.2, 0) is 28.7 Å². The zero-order valence-corrected chi connectivity index (χ0v) is 31.9. The number of methoxy groups -OCH3 is 2. The van der Waals surface area contributed by atoms with Crippen molar-refractivity contribution in [3.05, 3.63) is 35.9 Å². The Morgan fingerprint density at radius 2 is 1.62 bits per heavy atom. The van der Waals surface area contributed by atoms with E-state index in [1.54, 1.807) is 58.8 Å². The molecule has 1 heterocycles. The van der Waals surface area contributed by atoms with Crippen molar-refractivity contribution in [3.63, 3.8) is 0 Å². The molecule has 0 spiro atoms. The first-order chi connectivity index (χ1) is 23.6. The number of nitrogens with two attached hydrogens (primary N) is 1. The van der Waals surface area contributed by atoms with Gasteiger partial charge in [0.1, 0.15) is 0 Å². The maximum atomic E-state index is 14.0. The molecule has 2 fully saturated rings. The fraction of sp³-hybridized carbons (Fsp3) is 0.737. The van der Waals surface area contributed by atoms with Crippen LogP contribution in [0.4, 0.5) is 0 Å². The van der Waals surface area contributed by atoms with Gasteiger partial charge in [0.2, 0.25) is 23.6 Å². The van der Waals surface area contributed by atoms with Crippen molar-refractivity contribution in [1.29, 1.82) is 0 Å². The number of aliphatic hydroxyl groups excluding tert-OH is 1. The van der Waals surface area contributed by atoms with E-state index in [9.17, 15) is 24.3 Å². The van der Waals surface area contributed by atoms with Crippen LogP contribution in [0.2, 0.25) is 0 Å². The van der Waals surface area contributed by atoms with Crippen LogP contribution in [0.25, 0.3) is 0 Å². The molecule has 12 nitrogen and oxygen atoms in total. The van der Waals surface area contributed by atoms with E-state index in [-0.39, 0.29) is 48.7 Å². The number of hydrogen-bond donors (Lipinski definition) is 4. The second kappa shape index (κ2) is 20.7. The molecule has 0 radical (unpaired) electrons. The van der Waals surface area contributed by atoms with E-state index in [1.807, 2.05) is 30.3 Å². The number of benzene rings is 1. The molecule has 0 bridgehead atoms. The van der Waals surface area contributed by atoms with Gasteiger partial charge in [-0.1, -0.05) is 70.4 Å². The molecule has 1 saturated heterocycles. The number of amides is 4. The van der Waals surface area contributed by atoms with Crippen LogP contribution >= 0.6 is 0 Å². The van der Waals surface area contributed by atoms with Crippen molar-refractivity contribution >= 4 is 23.6 Å². The van der Waals surface area contributed by atoms with Crippen LogP contribution in [0.15, 0.2) is 30.3 Å². The van der Waals surface area contributed by atoms with Gasteiger partial charge in [0.25, 0.3) is 0 Å². The molecule has 1 aliphatic heterocycles. The number of ether oxygens (including phenoxy) is 2. The lowest BCUT2D eigenvalue weighted by Crippen LogP contribution is -2.56. The smallest absolute Gasteiger partial charge is 0.242 e. The summed E-state index contributed by atoms with van der Waals surface area (Å²) in [6.45, 7) is 11.3. The third kappa shape index (κ3) is 12.0. The van der Waals surface area contributed by atoms with Crippen LogP contribution in [0.1, 0.15) is 105 Å². The normalized spacial score (nSPS) is 20.1. The van der Waals surface area contributed by atoms with Crippen molar-refractivity contribution < 1.29 is 33.8 Å². The van der Waals surface area contributed by atoms with Crippen LogP contribution in [0, 0.1) is 11.8 Å². The highest BCUT2D eigenvalue weighted by molar-refractivity contribution is 5.89. The summed E-state index contributed by atoms with van der Waals surface area (Å²) in [4.78, 5) is 56.4. The number of aliphatic hydroxyl groups is 1. The van der Waals surface area contributed by atoms with Crippen LogP contribution in [0.3, 0.4) is 0 Å². The van der Waals surface area contributed by atoms with Gasteiger partial charge >= 0.3 is 0 Å². The molecular formula is C38H65N5O7. The molecule has 12 heteroatoms. The van der Waals surface area contributed by atoms with Gasteiger partial charge in [-0.15, -0.1) is 0 Å². The highest BCUT2D eigenvalue weighted by atomic mass is 16.5. The van der Waals surface area contributed by atoms with Crippen LogP contribution < -0.4 is 16.4 Å². The molecule has 1 aromatic carbocycles. The molecule has 1 aromatic rings. The van der Waals surface area contributed by atoms with Crippen molar-refractivity contribution in [2.45, 2.75) is 135 Å². The monoisotopic (exact) mass is 703 g/mol. The minimum Gasteiger partial charge on any atom is -0.386 e. The number of rotatable bonds is 16. The minimum absolute atomic E-state index is 0.0608. The molecule has 1 saturated carbocycles. The van der Waals surface area contributed by atoms with E-state index in [1.165, 1.54) is 6.42 Å². The highest BCUT2D eigenvalue weighted by Gasteiger charge is 2.43.